The van der Waals surface area contributed by atoms with Gasteiger partial charge in [0.25, 0.3) is 0 Å². The molecular weight excluding hydrogens is 368 g/mol. The zero-order valence-electron chi connectivity index (χ0n) is 14.2. The highest BCUT2D eigenvalue weighted by Crippen LogP contribution is 2.35. The maximum Gasteiger partial charge on any atom is 0.231 e. The summed E-state index contributed by atoms with van der Waals surface area (Å²) in [7, 11) is 0. The summed E-state index contributed by atoms with van der Waals surface area (Å²) >= 11 is 3.49. The molecule has 1 aliphatic heterocycles. The van der Waals surface area contributed by atoms with Gasteiger partial charge in [0.15, 0.2) is 0 Å². The number of carbonyl (C=O) groups is 1. The molecule has 1 amide bonds. The first kappa shape index (κ1) is 18.9. The molecule has 138 valence electrons. The number of nitrogens with zero attached hydrogens (tertiary/aromatic N) is 1. The van der Waals surface area contributed by atoms with E-state index >= 15 is 0 Å². The van der Waals surface area contributed by atoms with Crippen molar-refractivity contribution in [1.82, 2.24) is 4.90 Å². The summed E-state index contributed by atoms with van der Waals surface area (Å²) in [5, 5.41) is 19.2. The van der Waals surface area contributed by atoms with Crippen molar-refractivity contribution in [2.75, 3.05) is 18.8 Å². The number of hydrogen-bond donors (Lipinski definition) is 3. The molecule has 0 bridgehead atoms. The molecule has 0 aromatic heterocycles. The monoisotopic (exact) mass is 390 g/mol. The van der Waals surface area contributed by atoms with Crippen LogP contribution in [0.1, 0.15) is 6.42 Å². The average Bonchev–Trinajstić information content (AvgIpc) is 2.97. The molecule has 1 heterocycles. The third-order valence-electron chi connectivity index (χ3n) is 4.27. The van der Waals surface area contributed by atoms with Crippen LogP contribution < -0.4 is 5.73 Å². The summed E-state index contributed by atoms with van der Waals surface area (Å²) in [6, 6.07) is 14.6. The second-order valence-electron chi connectivity index (χ2n) is 6.32. The molecule has 2 aromatic rings. The van der Waals surface area contributed by atoms with E-state index in [1.165, 1.54) is 0 Å². The summed E-state index contributed by atoms with van der Waals surface area (Å²) in [5.41, 5.74) is 5.42. The van der Waals surface area contributed by atoms with E-state index in [-0.39, 0.29) is 30.0 Å². The van der Waals surface area contributed by atoms with Crippen LogP contribution in [0.15, 0.2) is 58.3 Å². The molecule has 26 heavy (non-hydrogen) atoms. The number of amides is 1. The largest absolute Gasteiger partial charge is 0.508 e. The highest BCUT2D eigenvalue weighted by molar-refractivity contribution is 8.00. The Morgan fingerprint density at radius 2 is 1.62 bits per heavy atom. The maximum absolute atomic E-state index is 11.4. The minimum atomic E-state index is -0.306. The van der Waals surface area contributed by atoms with Gasteiger partial charge in [0.05, 0.1) is 6.54 Å². The number of aromatic hydroxyl groups is 2. The van der Waals surface area contributed by atoms with Crippen molar-refractivity contribution in [2.45, 2.75) is 27.5 Å². The van der Waals surface area contributed by atoms with Gasteiger partial charge in [-0.05, 0) is 55.0 Å². The quantitative estimate of drug-likeness (QED) is 0.630. The van der Waals surface area contributed by atoms with Crippen molar-refractivity contribution in [3.8, 4) is 11.5 Å². The van der Waals surface area contributed by atoms with E-state index in [0.717, 1.165) is 28.5 Å². The van der Waals surface area contributed by atoms with E-state index in [0.29, 0.717) is 5.25 Å². The van der Waals surface area contributed by atoms with Gasteiger partial charge in [0.1, 0.15) is 11.5 Å². The van der Waals surface area contributed by atoms with Crippen molar-refractivity contribution >= 4 is 29.4 Å². The smallest absolute Gasteiger partial charge is 0.231 e. The van der Waals surface area contributed by atoms with Crippen molar-refractivity contribution in [2.24, 2.45) is 5.73 Å². The van der Waals surface area contributed by atoms with Crippen LogP contribution in [-0.4, -0.2) is 51.2 Å². The lowest BCUT2D eigenvalue weighted by Gasteiger charge is -2.22. The molecule has 5 nitrogen and oxygen atoms in total. The number of primary amides is 1. The molecule has 0 saturated carbocycles. The number of phenols is 2. The van der Waals surface area contributed by atoms with Crippen LogP contribution in [0.2, 0.25) is 0 Å². The average molecular weight is 391 g/mol. The first-order valence-electron chi connectivity index (χ1n) is 8.39. The van der Waals surface area contributed by atoms with Gasteiger partial charge in [-0.25, -0.2) is 0 Å². The fourth-order valence-corrected chi connectivity index (χ4v) is 5.37. The number of phenolic OH excluding ortho intramolecular Hbond substituents is 2. The molecular formula is C19H22N2O3S2. The van der Waals surface area contributed by atoms with Gasteiger partial charge >= 0.3 is 0 Å². The van der Waals surface area contributed by atoms with Crippen LogP contribution in [-0.2, 0) is 4.79 Å². The first-order chi connectivity index (χ1) is 12.5. The van der Waals surface area contributed by atoms with Gasteiger partial charge in [0.2, 0.25) is 5.91 Å². The van der Waals surface area contributed by atoms with Gasteiger partial charge < -0.3 is 15.9 Å². The Morgan fingerprint density at radius 1 is 1.04 bits per heavy atom. The van der Waals surface area contributed by atoms with Gasteiger partial charge in [-0.3, -0.25) is 9.69 Å². The van der Waals surface area contributed by atoms with E-state index in [1.807, 2.05) is 24.3 Å². The van der Waals surface area contributed by atoms with E-state index in [2.05, 4.69) is 4.90 Å². The van der Waals surface area contributed by atoms with Crippen molar-refractivity contribution in [1.29, 1.82) is 0 Å². The second kappa shape index (κ2) is 8.70. The maximum atomic E-state index is 11.4. The fourth-order valence-electron chi connectivity index (χ4n) is 3.04. The minimum Gasteiger partial charge on any atom is -0.508 e. The van der Waals surface area contributed by atoms with Crippen molar-refractivity contribution in [3.63, 3.8) is 0 Å². The number of likely N-dealkylation sites (tertiary alicyclic amines) is 1. The van der Waals surface area contributed by atoms with Crippen LogP contribution in [0, 0.1) is 0 Å². The molecule has 7 heteroatoms. The van der Waals surface area contributed by atoms with Crippen LogP contribution >= 0.6 is 23.5 Å². The molecule has 0 radical (unpaired) electrons. The summed E-state index contributed by atoms with van der Waals surface area (Å²) < 4.78 is 0. The highest BCUT2D eigenvalue weighted by atomic mass is 32.2. The van der Waals surface area contributed by atoms with Crippen LogP contribution in [0.3, 0.4) is 0 Å². The zero-order valence-corrected chi connectivity index (χ0v) is 15.9. The molecule has 1 fully saturated rings. The Labute approximate surface area is 161 Å². The van der Waals surface area contributed by atoms with Crippen LogP contribution in [0.5, 0.6) is 11.5 Å². The number of thioether (sulfide) groups is 2. The lowest BCUT2D eigenvalue weighted by Crippen LogP contribution is -2.38. The molecule has 2 atom stereocenters. The summed E-state index contributed by atoms with van der Waals surface area (Å²) in [6.07, 6.45) is 0.976. The zero-order chi connectivity index (χ0) is 18.5. The number of rotatable bonds is 7. The third kappa shape index (κ3) is 5.33. The Kier molecular flexibility index (Phi) is 6.34. The molecule has 4 N–H and O–H groups in total. The van der Waals surface area contributed by atoms with Gasteiger partial charge in [-0.15, -0.1) is 23.5 Å². The number of carbonyl (C=O) groups excluding carboxylic acids is 1. The van der Waals surface area contributed by atoms with Crippen LogP contribution in [0.4, 0.5) is 0 Å². The van der Waals surface area contributed by atoms with Crippen molar-refractivity contribution < 1.29 is 15.0 Å². The van der Waals surface area contributed by atoms with E-state index in [9.17, 15) is 15.0 Å². The fraction of sp³-hybridized carbons (Fsp3) is 0.316. The molecule has 0 aliphatic carbocycles. The lowest BCUT2D eigenvalue weighted by molar-refractivity contribution is -0.119. The molecule has 0 unspecified atom stereocenters. The Hall–Kier alpha value is -1.83. The molecule has 1 aliphatic rings. The number of hydrogen-bond acceptors (Lipinski definition) is 6. The summed E-state index contributed by atoms with van der Waals surface area (Å²) in [5.74, 6) is 1.08. The summed E-state index contributed by atoms with van der Waals surface area (Å²) in [6.45, 7) is 1.09. The molecule has 2 aromatic carbocycles. The highest BCUT2D eigenvalue weighted by Gasteiger charge is 2.33. The topological polar surface area (TPSA) is 86.8 Å². The van der Waals surface area contributed by atoms with Crippen LogP contribution in [0.25, 0.3) is 0 Å². The molecule has 0 spiro atoms. The van der Waals surface area contributed by atoms with Gasteiger partial charge in [-0.1, -0.05) is 0 Å². The SMILES string of the molecule is NC(=O)CN1C[C@H](Sc2ccc(O)cc2)C[C@@H]1CSc1ccc(O)cc1. The van der Waals surface area contributed by atoms with E-state index in [1.54, 1.807) is 47.8 Å². The standard InChI is InChI=1S/C19H22N2O3S2/c20-19(24)11-21-10-18(26-17-7-3-15(23)4-8-17)9-13(21)12-25-16-5-1-14(22)2-6-16/h1-8,13,18,22-23H,9-12H2,(H2,20,24)/t13-,18-/m1/s1. The molecule has 3 rings (SSSR count). The van der Waals surface area contributed by atoms with E-state index in [4.69, 9.17) is 5.73 Å². The predicted molar refractivity (Wildman–Crippen MR) is 106 cm³/mol. The first-order valence-corrected chi connectivity index (χ1v) is 10.3. The van der Waals surface area contributed by atoms with Crippen molar-refractivity contribution in [3.05, 3.63) is 48.5 Å². The number of benzene rings is 2. The Bertz CT molecular complexity index is 737. The predicted octanol–water partition coefficient (Wildman–Crippen LogP) is 2.91. The number of nitrogens with two attached hydrogens (primary N) is 1. The normalized spacial score (nSPS) is 20.3. The Balaban J connectivity index is 1.61. The Morgan fingerprint density at radius 3 is 2.19 bits per heavy atom. The van der Waals surface area contributed by atoms with Gasteiger partial charge in [0, 0.05) is 33.4 Å². The summed E-state index contributed by atoms with van der Waals surface area (Å²) in [4.78, 5) is 15.8. The van der Waals surface area contributed by atoms with E-state index < -0.39 is 0 Å². The lowest BCUT2D eigenvalue weighted by atomic mass is 10.2. The minimum absolute atomic E-state index is 0.260. The van der Waals surface area contributed by atoms with Gasteiger partial charge in [-0.2, -0.15) is 0 Å². The molecule has 1 saturated heterocycles. The second-order valence-corrected chi connectivity index (χ2v) is 8.79. The third-order valence-corrected chi connectivity index (χ3v) is 6.64.